The number of hydrogen-bond acceptors (Lipinski definition) is 4. The lowest BCUT2D eigenvalue weighted by atomic mass is 9.94. The van der Waals surface area contributed by atoms with Crippen molar-refractivity contribution in [1.82, 2.24) is 24.4 Å². The standard InChI is InChI=1S/C20H23N5O/c1-15-22-19(11-20(26)23-15)17-3-2-9-24(13-17)12-16-4-6-18(7-5-16)25-10-8-21-14-25/h4-8,10-11,14,17H,2-3,9,12-13H2,1H3,(H,22,23,26). The van der Waals surface area contributed by atoms with Crippen molar-refractivity contribution < 1.29 is 0 Å². The number of imidazole rings is 1. The van der Waals surface area contributed by atoms with E-state index in [0.29, 0.717) is 11.7 Å². The topological polar surface area (TPSA) is 66.8 Å². The van der Waals surface area contributed by atoms with Gasteiger partial charge in [-0.3, -0.25) is 9.69 Å². The first-order valence-electron chi connectivity index (χ1n) is 9.05. The summed E-state index contributed by atoms with van der Waals surface area (Å²) in [6.07, 6.45) is 7.76. The van der Waals surface area contributed by atoms with E-state index < -0.39 is 0 Å². The molecule has 26 heavy (non-hydrogen) atoms. The largest absolute Gasteiger partial charge is 0.311 e. The minimum Gasteiger partial charge on any atom is -0.311 e. The van der Waals surface area contributed by atoms with Gasteiger partial charge in [-0.2, -0.15) is 0 Å². The molecular formula is C20H23N5O. The van der Waals surface area contributed by atoms with Gasteiger partial charge in [0, 0.05) is 43.2 Å². The lowest BCUT2D eigenvalue weighted by Gasteiger charge is -2.32. The summed E-state index contributed by atoms with van der Waals surface area (Å²) in [6, 6.07) is 10.3. The number of aryl methyl sites for hydroxylation is 1. The van der Waals surface area contributed by atoms with Crippen molar-refractivity contribution in [3.8, 4) is 5.69 Å². The molecule has 6 nitrogen and oxygen atoms in total. The molecular weight excluding hydrogens is 326 g/mol. The van der Waals surface area contributed by atoms with Crippen LogP contribution in [0.5, 0.6) is 0 Å². The third kappa shape index (κ3) is 3.75. The Hall–Kier alpha value is -2.73. The summed E-state index contributed by atoms with van der Waals surface area (Å²) in [5, 5.41) is 0. The summed E-state index contributed by atoms with van der Waals surface area (Å²) in [6.45, 7) is 4.79. The molecule has 1 aliphatic heterocycles. The Morgan fingerprint density at radius 3 is 2.85 bits per heavy atom. The Labute approximate surface area is 152 Å². The Balaban J connectivity index is 1.44. The third-order valence-corrected chi connectivity index (χ3v) is 4.95. The molecule has 6 heteroatoms. The van der Waals surface area contributed by atoms with Gasteiger partial charge in [0.2, 0.25) is 0 Å². The number of likely N-dealkylation sites (tertiary alicyclic amines) is 1. The summed E-state index contributed by atoms with van der Waals surface area (Å²) < 4.78 is 2.00. The maximum absolute atomic E-state index is 11.7. The quantitative estimate of drug-likeness (QED) is 0.786. The van der Waals surface area contributed by atoms with Gasteiger partial charge in [0.1, 0.15) is 5.82 Å². The van der Waals surface area contributed by atoms with Crippen LogP contribution in [0.4, 0.5) is 0 Å². The summed E-state index contributed by atoms with van der Waals surface area (Å²) in [7, 11) is 0. The van der Waals surface area contributed by atoms with Crippen molar-refractivity contribution in [2.24, 2.45) is 0 Å². The van der Waals surface area contributed by atoms with Gasteiger partial charge in [0.05, 0.1) is 12.0 Å². The predicted molar refractivity (Wildman–Crippen MR) is 100 cm³/mol. The Morgan fingerprint density at radius 2 is 2.12 bits per heavy atom. The van der Waals surface area contributed by atoms with Crippen LogP contribution in [0.3, 0.4) is 0 Å². The molecule has 0 bridgehead atoms. The van der Waals surface area contributed by atoms with Gasteiger partial charge in [0.25, 0.3) is 5.56 Å². The van der Waals surface area contributed by atoms with Crippen molar-refractivity contribution in [3.63, 3.8) is 0 Å². The molecule has 1 aliphatic rings. The zero-order valence-corrected chi connectivity index (χ0v) is 14.9. The first-order valence-corrected chi connectivity index (χ1v) is 9.05. The molecule has 2 aromatic heterocycles. The summed E-state index contributed by atoms with van der Waals surface area (Å²) >= 11 is 0. The molecule has 3 aromatic rings. The zero-order valence-electron chi connectivity index (χ0n) is 14.9. The number of nitrogens with zero attached hydrogens (tertiary/aromatic N) is 4. The fraction of sp³-hybridized carbons (Fsp3) is 0.350. The second kappa shape index (κ2) is 7.25. The molecule has 0 aliphatic carbocycles. The number of rotatable bonds is 4. The van der Waals surface area contributed by atoms with Gasteiger partial charge in [-0.15, -0.1) is 0 Å². The van der Waals surface area contributed by atoms with E-state index in [1.165, 1.54) is 5.56 Å². The molecule has 0 saturated carbocycles. The second-order valence-corrected chi connectivity index (χ2v) is 6.97. The smallest absolute Gasteiger partial charge is 0.251 e. The van der Waals surface area contributed by atoms with Crippen molar-refractivity contribution in [3.05, 3.63) is 76.5 Å². The van der Waals surface area contributed by atoms with Crippen LogP contribution in [0.2, 0.25) is 0 Å². The molecule has 1 N–H and O–H groups in total. The van der Waals surface area contributed by atoms with Crippen LogP contribution in [0, 0.1) is 6.92 Å². The first kappa shape index (κ1) is 16.7. The zero-order chi connectivity index (χ0) is 17.9. The molecule has 0 spiro atoms. The highest BCUT2D eigenvalue weighted by molar-refractivity contribution is 5.34. The second-order valence-electron chi connectivity index (χ2n) is 6.97. The molecule has 0 amide bonds. The van der Waals surface area contributed by atoms with Crippen LogP contribution in [0.25, 0.3) is 5.69 Å². The van der Waals surface area contributed by atoms with E-state index in [1.807, 2.05) is 17.7 Å². The number of H-pyrrole nitrogens is 1. The molecule has 0 radical (unpaired) electrons. The van der Waals surface area contributed by atoms with E-state index in [-0.39, 0.29) is 5.56 Å². The van der Waals surface area contributed by atoms with Crippen LogP contribution in [0.15, 0.2) is 53.8 Å². The molecule has 1 unspecified atom stereocenters. The number of piperidine rings is 1. The van der Waals surface area contributed by atoms with Gasteiger partial charge in [-0.1, -0.05) is 12.1 Å². The van der Waals surface area contributed by atoms with Gasteiger partial charge in [-0.25, -0.2) is 9.97 Å². The van der Waals surface area contributed by atoms with Gasteiger partial charge in [-0.05, 0) is 44.0 Å². The van der Waals surface area contributed by atoms with E-state index >= 15 is 0 Å². The van der Waals surface area contributed by atoms with Gasteiger partial charge in [0.15, 0.2) is 0 Å². The molecule has 1 fully saturated rings. The molecule has 1 atom stereocenters. The average molecular weight is 349 g/mol. The molecule has 1 saturated heterocycles. The predicted octanol–water partition coefficient (Wildman–Crippen LogP) is 2.64. The van der Waals surface area contributed by atoms with Crippen LogP contribution < -0.4 is 5.56 Å². The maximum Gasteiger partial charge on any atom is 0.251 e. The Kier molecular flexibility index (Phi) is 4.67. The highest BCUT2D eigenvalue weighted by Gasteiger charge is 2.23. The van der Waals surface area contributed by atoms with Crippen molar-refractivity contribution in [1.29, 1.82) is 0 Å². The lowest BCUT2D eigenvalue weighted by Crippen LogP contribution is -2.34. The highest BCUT2D eigenvalue weighted by atomic mass is 16.1. The monoisotopic (exact) mass is 349 g/mol. The van der Waals surface area contributed by atoms with E-state index in [4.69, 9.17) is 0 Å². The Morgan fingerprint density at radius 1 is 1.27 bits per heavy atom. The lowest BCUT2D eigenvalue weighted by molar-refractivity contribution is 0.198. The number of nitrogens with one attached hydrogen (secondary N) is 1. The van der Waals surface area contributed by atoms with Crippen LogP contribution in [0.1, 0.15) is 35.8 Å². The van der Waals surface area contributed by atoms with Crippen LogP contribution in [-0.2, 0) is 6.54 Å². The minimum absolute atomic E-state index is 0.0558. The van der Waals surface area contributed by atoms with E-state index in [1.54, 1.807) is 18.6 Å². The number of benzene rings is 1. The first-order chi connectivity index (χ1) is 12.7. The number of hydrogen-bond donors (Lipinski definition) is 1. The average Bonchev–Trinajstić information content (AvgIpc) is 3.16. The fourth-order valence-corrected chi connectivity index (χ4v) is 3.70. The summed E-state index contributed by atoms with van der Waals surface area (Å²) in [5.74, 6) is 1.02. The van der Waals surface area contributed by atoms with E-state index in [9.17, 15) is 4.79 Å². The molecule has 3 heterocycles. The van der Waals surface area contributed by atoms with Crippen molar-refractivity contribution >= 4 is 0 Å². The Bertz CT molecular complexity index is 914. The third-order valence-electron chi connectivity index (χ3n) is 4.95. The maximum atomic E-state index is 11.7. The fourth-order valence-electron chi connectivity index (χ4n) is 3.70. The van der Waals surface area contributed by atoms with Crippen LogP contribution in [-0.4, -0.2) is 37.5 Å². The molecule has 1 aromatic carbocycles. The van der Waals surface area contributed by atoms with E-state index in [2.05, 4.69) is 44.1 Å². The molecule has 134 valence electrons. The number of aromatic nitrogens is 4. The normalized spacial score (nSPS) is 18.1. The summed E-state index contributed by atoms with van der Waals surface area (Å²) in [4.78, 5) is 25.6. The van der Waals surface area contributed by atoms with E-state index in [0.717, 1.165) is 43.9 Å². The SMILES string of the molecule is Cc1nc(C2CCCN(Cc3ccc(-n4ccnc4)cc3)C2)cc(=O)[nH]1. The van der Waals surface area contributed by atoms with Gasteiger partial charge >= 0.3 is 0 Å². The molecule has 4 rings (SSSR count). The van der Waals surface area contributed by atoms with Crippen molar-refractivity contribution in [2.45, 2.75) is 32.2 Å². The number of aromatic amines is 1. The van der Waals surface area contributed by atoms with Crippen LogP contribution >= 0.6 is 0 Å². The summed E-state index contributed by atoms with van der Waals surface area (Å²) in [5.41, 5.74) is 3.28. The minimum atomic E-state index is -0.0558. The van der Waals surface area contributed by atoms with Crippen molar-refractivity contribution in [2.75, 3.05) is 13.1 Å². The highest BCUT2D eigenvalue weighted by Crippen LogP contribution is 2.26. The van der Waals surface area contributed by atoms with Gasteiger partial charge < -0.3 is 9.55 Å².